The number of nitrogens with zero attached hydrogens (tertiary/aromatic N) is 5. The van der Waals surface area contributed by atoms with E-state index < -0.39 is 0 Å². The summed E-state index contributed by atoms with van der Waals surface area (Å²) < 4.78 is 10.7. The number of nitrogen functional groups attached to an aromatic ring is 1. The summed E-state index contributed by atoms with van der Waals surface area (Å²) in [4.78, 5) is 8.83. The van der Waals surface area contributed by atoms with Crippen molar-refractivity contribution in [3.8, 4) is 28.8 Å². The number of aliphatic hydroxyl groups excluding tert-OH is 1. The van der Waals surface area contributed by atoms with E-state index in [-0.39, 0.29) is 18.8 Å². The lowest BCUT2D eigenvalue weighted by molar-refractivity contribution is 0.0515. The van der Waals surface area contributed by atoms with Gasteiger partial charge in [-0.05, 0) is 36.3 Å². The molecule has 4 heterocycles. The van der Waals surface area contributed by atoms with Crippen LogP contribution in [0.25, 0.3) is 11.3 Å². The second-order valence-corrected chi connectivity index (χ2v) is 8.62. The summed E-state index contributed by atoms with van der Waals surface area (Å²) in [6.07, 6.45) is 1.76. The molecular formula is C25H26N6O3. The molecule has 0 unspecified atom stereocenters. The number of ether oxygens (including phenoxy) is 2. The van der Waals surface area contributed by atoms with Crippen molar-refractivity contribution in [2.45, 2.75) is 0 Å². The van der Waals surface area contributed by atoms with E-state index in [9.17, 15) is 0 Å². The maximum atomic E-state index is 8.89. The molecule has 3 N–H and O–H groups in total. The molecule has 2 aromatic heterocycles. The average molecular weight is 459 g/mol. The van der Waals surface area contributed by atoms with E-state index in [1.54, 1.807) is 13.3 Å². The fourth-order valence-corrected chi connectivity index (χ4v) is 4.60. The zero-order chi connectivity index (χ0) is 23.5. The van der Waals surface area contributed by atoms with Crippen LogP contribution in [0.3, 0.4) is 0 Å². The second-order valence-electron chi connectivity index (χ2n) is 8.62. The number of methoxy groups -OCH3 is 1. The van der Waals surface area contributed by atoms with Gasteiger partial charge < -0.3 is 30.1 Å². The summed E-state index contributed by atoms with van der Waals surface area (Å²) in [6.45, 7) is 3.71. The molecule has 5 rings (SSSR count). The van der Waals surface area contributed by atoms with E-state index in [2.05, 4.69) is 36.8 Å². The molecule has 0 radical (unpaired) electrons. The highest BCUT2D eigenvalue weighted by atomic mass is 16.7. The molecule has 34 heavy (non-hydrogen) atoms. The number of hydrogen-bond donors (Lipinski definition) is 2. The van der Waals surface area contributed by atoms with Crippen molar-refractivity contribution in [1.29, 1.82) is 0 Å². The topological polar surface area (TPSA) is 110 Å². The van der Waals surface area contributed by atoms with Gasteiger partial charge in [-0.2, -0.15) is 0 Å². The molecule has 2 aliphatic heterocycles. The Morgan fingerprint density at radius 3 is 2.68 bits per heavy atom. The van der Waals surface area contributed by atoms with Crippen molar-refractivity contribution >= 4 is 17.2 Å². The van der Waals surface area contributed by atoms with E-state index in [1.807, 2.05) is 42.5 Å². The van der Waals surface area contributed by atoms with Crippen LogP contribution in [0, 0.1) is 17.3 Å². The first-order chi connectivity index (χ1) is 16.6. The lowest BCUT2D eigenvalue weighted by Gasteiger charge is -2.61. The summed E-state index contributed by atoms with van der Waals surface area (Å²) in [5, 5.41) is 17.4. The molecule has 2 fully saturated rings. The van der Waals surface area contributed by atoms with Crippen molar-refractivity contribution in [3.63, 3.8) is 0 Å². The second kappa shape index (κ2) is 9.17. The Morgan fingerprint density at radius 2 is 1.88 bits per heavy atom. The van der Waals surface area contributed by atoms with Gasteiger partial charge in [0.2, 0.25) is 0 Å². The quantitative estimate of drug-likeness (QED) is 0.422. The molecule has 0 bridgehead atoms. The highest BCUT2D eigenvalue weighted by Crippen LogP contribution is 2.45. The van der Waals surface area contributed by atoms with E-state index in [4.69, 9.17) is 20.3 Å². The predicted octanol–water partition coefficient (Wildman–Crippen LogP) is 1.77. The van der Waals surface area contributed by atoms with Crippen molar-refractivity contribution in [1.82, 2.24) is 15.2 Å². The van der Waals surface area contributed by atoms with Gasteiger partial charge in [-0.3, -0.25) is 0 Å². The third-order valence-corrected chi connectivity index (χ3v) is 6.15. The highest BCUT2D eigenvalue weighted by Gasteiger charge is 2.52. The Morgan fingerprint density at radius 1 is 1.09 bits per heavy atom. The van der Waals surface area contributed by atoms with Crippen LogP contribution >= 0.6 is 0 Å². The fourth-order valence-electron chi connectivity index (χ4n) is 4.60. The van der Waals surface area contributed by atoms with Crippen molar-refractivity contribution in [2.75, 3.05) is 62.2 Å². The van der Waals surface area contributed by atoms with Crippen molar-refractivity contribution in [2.24, 2.45) is 5.41 Å². The van der Waals surface area contributed by atoms with Gasteiger partial charge in [0, 0.05) is 56.2 Å². The number of hydrogen-bond acceptors (Lipinski definition) is 9. The monoisotopic (exact) mass is 458 g/mol. The van der Waals surface area contributed by atoms with Crippen LogP contribution in [-0.2, 0) is 4.74 Å². The van der Waals surface area contributed by atoms with Gasteiger partial charge in [-0.1, -0.05) is 18.1 Å². The molecule has 0 amide bonds. The Bertz CT molecular complexity index is 1240. The number of nitrogens with two attached hydrogens (primary N) is 1. The Kier molecular flexibility index (Phi) is 5.92. The standard InChI is InChI=1S/C25H26N6O3/c1-33-17-34-23-7-3-2-6-20(23)21-12-22(24(26)29-28-21)31-15-25(16-31)13-30(14-25)19-8-9-27-18(11-19)5-4-10-32/h2-3,6-9,11-12,32H,10,13-17H2,1H3,(H2,26,29). The number of para-hydroxylation sites is 1. The van der Waals surface area contributed by atoms with Crippen LogP contribution in [0.1, 0.15) is 5.69 Å². The number of aromatic nitrogens is 3. The summed E-state index contributed by atoms with van der Waals surface area (Å²) in [7, 11) is 1.59. The minimum atomic E-state index is -0.172. The molecule has 1 spiro atoms. The number of anilines is 3. The summed E-state index contributed by atoms with van der Waals surface area (Å²) in [6, 6.07) is 13.6. The van der Waals surface area contributed by atoms with Crippen molar-refractivity contribution < 1.29 is 14.6 Å². The summed E-state index contributed by atoms with van der Waals surface area (Å²) in [5.41, 5.74) is 10.6. The molecule has 2 aliphatic rings. The van der Waals surface area contributed by atoms with Gasteiger partial charge in [-0.25, -0.2) is 4.98 Å². The molecule has 1 aromatic carbocycles. The SMILES string of the molecule is COCOc1ccccc1-c1cc(N2CC3(CN(c4ccnc(C#CCO)c4)C3)C2)c(N)nn1. The first kappa shape index (κ1) is 21.9. The van der Waals surface area contributed by atoms with E-state index in [1.165, 1.54) is 0 Å². The van der Waals surface area contributed by atoms with Gasteiger partial charge in [0.05, 0.1) is 11.4 Å². The van der Waals surface area contributed by atoms with Crippen LogP contribution in [-0.4, -0.2) is 67.0 Å². The van der Waals surface area contributed by atoms with Gasteiger partial charge in [0.1, 0.15) is 18.1 Å². The number of rotatable bonds is 6. The Hall–Kier alpha value is -3.87. The third kappa shape index (κ3) is 4.21. The van der Waals surface area contributed by atoms with Crippen LogP contribution in [0.5, 0.6) is 5.75 Å². The Balaban J connectivity index is 1.27. The molecule has 9 heteroatoms. The third-order valence-electron chi connectivity index (χ3n) is 6.15. The summed E-state index contributed by atoms with van der Waals surface area (Å²) in [5.74, 6) is 6.62. The normalized spacial score (nSPS) is 15.8. The van der Waals surface area contributed by atoms with Crippen LogP contribution < -0.4 is 20.3 Å². The van der Waals surface area contributed by atoms with Gasteiger partial charge in [0.15, 0.2) is 12.6 Å². The smallest absolute Gasteiger partial charge is 0.188 e. The number of pyridine rings is 1. The minimum Gasteiger partial charge on any atom is -0.467 e. The molecular weight excluding hydrogens is 432 g/mol. The molecule has 174 valence electrons. The predicted molar refractivity (Wildman–Crippen MR) is 129 cm³/mol. The maximum Gasteiger partial charge on any atom is 0.188 e. The minimum absolute atomic E-state index is 0.157. The largest absolute Gasteiger partial charge is 0.467 e. The molecule has 0 saturated carbocycles. The first-order valence-corrected chi connectivity index (χ1v) is 11.0. The lowest BCUT2D eigenvalue weighted by atomic mass is 9.72. The Labute approximate surface area is 198 Å². The van der Waals surface area contributed by atoms with Crippen molar-refractivity contribution in [3.05, 3.63) is 54.4 Å². The molecule has 3 aromatic rings. The highest BCUT2D eigenvalue weighted by molar-refractivity contribution is 5.75. The van der Waals surface area contributed by atoms with Gasteiger partial charge in [0.25, 0.3) is 0 Å². The van der Waals surface area contributed by atoms with E-state index >= 15 is 0 Å². The molecule has 0 atom stereocenters. The molecule has 9 nitrogen and oxygen atoms in total. The maximum absolute atomic E-state index is 8.89. The van der Waals surface area contributed by atoms with Gasteiger partial charge >= 0.3 is 0 Å². The molecule has 2 saturated heterocycles. The zero-order valence-corrected chi connectivity index (χ0v) is 18.9. The van der Waals surface area contributed by atoms with E-state index in [0.717, 1.165) is 43.1 Å². The average Bonchev–Trinajstić information content (AvgIpc) is 2.81. The fraction of sp³-hybridized carbons (Fsp3) is 0.320. The number of benzene rings is 1. The lowest BCUT2D eigenvalue weighted by Crippen LogP contribution is -2.72. The van der Waals surface area contributed by atoms with Crippen LogP contribution in [0.2, 0.25) is 0 Å². The molecule has 0 aliphatic carbocycles. The summed E-state index contributed by atoms with van der Waals surface area (Å²) >= 11 is 0. The number of aliphatic hydroxyl groups is 1. The first-order valence-electron chi connectivity index (χ1n) is 11.0. The van der Waals surface area contributed by atoms with E-state index in [0.29, 0.717) is 23.0 Å². The van der Waals surface area contributed by atoms with Gasteiger partial charge in [-0.15, -0.1) is 10.2 Å². The van der Waals surface area contributed by atoms with Crippen LogP contribution in [0.4, 0.5) is 17.2 Å². The zero-order valence-electron chi connectivity index (χ0n) is 18.9. The van der Waals surface area contributed by atoms with Crippen LogP contribution in [0.15, 0.2) is 48.7 Å².